The van der Waals surface area contributed by atoms with Crippen LogP contribution < -0.4 is 11.1 Å². The molecule has 0 radical (unpaired) electrons. The quantitative estimate of drug-likeness (QED) is 0.694. The Kier molecular flexibility index (Phi) is 4.12. The van der Waals surface area contributed by atoms with Gasteiger partial charge in [0.05, 0.1) is 0 Å². The molecule has 3 heteroatoms. The van der Waals surface area contributed by atoms with E-state index in [0.717, 1.165) is 17.5 Å². The summed E-state index contributed by atoms with van der Waals surface area (Å²) < 4.78 is 0. The van der Waals surface area contributed by atoms with E-state index in [0.29, 0.717) is 18.3 Å². The molecule has 0 spiro atoms. The molecule has 3 nitrogen and oxygen atoms in total. The van der Waals surface area contributed by atoms with Crippen LogP contribution in [0.4, 0.5) is 0 Å². The summed E-state index contributed by atoms with van der Waals surface area (Å²) in [7, 11) is 1.92. The fraction of sp³-hybridized carbons (Fsp3) is 0.500. The van der Waals surface area contributed by atoms with E-state index in [9.17, 15) is 5.11 Å². The smallest absolute Gasteiger partial charge is 0.116 e. The van der Waals surface area contributed by atoms with Gasteiger partial charge in [0.1, 0.15) is 5.75 Å². The molecule has 1 aromatic rings. The fourth-order valence-corrected chi connectivity index (χ4v) is 1.84. The van der Waals surface area contributed by atoms with Crippen LogP contribution in [-0.4, -0.2) is 24.7 Å². The highest BCUT2D eigenvalue weighted by molar-refractivity contribution is 5.40. The molecule has 84 valence electrons. The molecule has 0 bridgehead atoms. The minimum atomic E-state index is 0.298. The second-order valence-electron chi connectivity index (χ2n) is 3.98. The number of aromatic hydroxyl groups is 1. The molecular formula is C12H20N2O. The number of aryl methyl sites for hydroxylation is 2. The Labute approximate surface area is 91.3 Å². The molecule has 0 aromatic heterocycles. The number of hydrogen-bond acceptors (Lipinski definition) is 3. The Morgan fingerprint density at radius 2 is 1.87 bits per heavy atom. The Morgan fingerprint density at radius 1 is 1.33 bits per heavy atom. The van der Waals surface area contributed by atoms with Crippen LogP contribution in [0.3, 0.4) is 0 Å². The van der Waals surface area contributed by atoms with Crippen molar-refractivity contribution in [2.24, 2.45) is 5.73 Å². The molecule has 1 rings (SSSR count). The SMILES string of the molecule is CN[C@H](CN)Cc1c(C)cc(O)cc1C. The maximum atomic E-state index is 9.43. The monoisotopic (exact) mass is 208 g/mol. The zero-order valence-electron chi connectivity index (χ0n) is 9.67. The summed E-state index contributed by atoms with van der Waals surface area (Å²) in [5, 5.41) is 12.6. The predicted octanol–water partition coefficient (Wildman–Crippen LogP) is 1.10. The largest absolute Gasteiger partial charge is 0.508 e. The van der Waals surface area contributed by atoms with E-state index >= 15 is 0 Å². The summed E-state index contributed by atoms with van der Waals surface area (Å²) in [6.07, 6.45) is 0.908. The molecule has 0 saturated heterocycles. The minimum absolute atomic E-state index is 0.298. The Hall–Kier alpha value is -1.06. The highest BCUT2D eigenvalue weighted by Crippen LogP contribution is 2.21. The van der Waals surface area contributed by atoms with Gasteiger partial charge in [0.2, 0.25) is 0 Å². The van der Waals surface area contributed by atoms with Gasteiger partial charge in [-0.1, -0.05) is 0 Å². The molecule has 0 saturated carbocycles. The Balaban J connectivity index is 2.94. The molecule has 0 aliphatic heterocycles. The van der Waals surface area contributed by atoms with Crippen LogP contribution in [0.25, 0.3) is 0 Å². The highest BCUT2D eigenvalue weighted by atomic mass is 16.3. The number of likely N-dealkylation sites (N-methyl/N-ethyl adjacent to an activating group) is 1. The van der Waals surface area contributed by atoms with E-state index in [2.05, 4.69) is 5.32 Å². The molecule has 0 heterocycles. The molecule has 0 aliphatic rings. The van der Waals surface area contributed by atoms with Crippen LogP contribution >= 0.6 is 0 Å². The average Bonchev–Trinajstić information content (AvgIpc) is 2.17. The van der Waals surface area contributed by atoms with E-state index < -0.39 is 0 Å². The van der Waals surface area contributed by atoms with Crippen molar-refractivity contribution in [3.63, 3.8) is 0 Å². The number of rotatable bonds is 4. The highest BCUT2D eigenvalue weighted by Gasteiger charge is 2.10. The van der Waals surface area contributed by atoms with Gasteiger partial charge in [-0.2, -0.15) is 0 Å². The molecule has 4 N–H and O–H groups in total. The maximum absolute atomic E-state index is 9.43. The van der Waals surface area contributed by atoms with Gasteiger partial charge in [-0.3, -0.25) is 0 Å². The lowest BCUT2D eigenvalue weighted by molar-refractivity contribution is 0.473. The number of phenols is 1. The van der Waals surface area contributed by atoms with Crippen molar-refractivity contribution < 1.29 is 5.11 Å². The summed E-state index contributed by atoms with van der Waals surface area (Å²) in [5.74, 6) is 0.336. The molecular weight excluding hydrogens is 188 g/mol. The van der Waals surface area contributed by atoms with Crippen molar-refractivity contribution in [2.75, 3.05) is 13.6 Å². The molecule has 1 atom stereocenters. The maximum Gasteiger partial charge on any atom is 0.116 e. The van der Waals surface area contributed by atoms with Crippen molar-refractivity contribution in [1.82, 2.24) is 5.32 Å². The molecule has 1 aromatic carbocycles. The lowest BCUT2D eigenvalue weighted by atomic mass is 9.96. The number of phenolic OH excluding ortho intramolecular Hbond substituents is 1. The van der Waals surface area contributed by atoms with Crippen LogP contribution in [0.5, 0.6) is 5.75 Å². The summed E-state index contributed by atoms with van der Waals surface area (Å²) in [4.78, 5) is 0. The molecule has 0 unspecified atom stereocenters. The van der Waals surface area contributed by atoms with Gasteiger partial charge in [0.25, 0.3) is 0 Å². The van der Waals surface area contributed by atoms with E-state index in [1.807, 2.05) is 20.9 Å². The number of hydrogen-bond donors (Lipinski definition) is 3. The van der Waals surface area contributed by atoms with Crippen LogP contribution in [0.15, 0.2) is 12.1 Å². The standard InChI is InChI=1S/C12H20N2O/c1-8-4-11(15)5-9(2)12(8)6-10(7-13)14-3/h4-5,10,14-15H,6-7,13H2,1-3H3/t10-/m0/s1. The summed E-state index contributed by atoms with van der Waals surface area (Å²) in [6.45, 7) is 4.66. The van der Waals surface area contributed by atoms with Crippen LogP contribution in [0, 0.1) is 13.8 Å². The van der Waals surface area contributed by atoms with E-state index in [1.165, 1.54) is 5.56 Å². The first-order valence-electron chi connectivity index (χ1n) is 5.25. The second-order valence-corrected chi connectivity index (χ2v) is 3.98. The van der Waals surface area contributed by atoms with Crippen molar-refractivity contribution in [3.05, 3.63) is 28.8 Å². The predicted molar refractivity (Wildman–Crippen MR) is 63.2 cm³/mol. The van der Waals surface area contributed by atoms with Gasteiger partial charge in [-0.05, 0) is 56.1 Å². The Morgan fingerprint density at radius 3 is 2.27 bits per heavy atom. The third kappa shape index (κ3) is 2.94. The third-order valence-electron chi connectivity index (χ3n) is 2.82. The normalized spacial score (nSPS) is 12.8. The van der Waals surface area contributed by atoms with Gasteiger partial charge in [-0.15, -0.1) is 0 Å². The Bertz CT molecular complexity index is 309. The van der Waals surface area contributed by atoms with Crippen LogP contribution in [0.1, 0.15) is 16.7 Å². The van der Waals surface area contributed by atoms with Crippen molar-refractivity contribution in [1.29, 1.82) is 0 Å². The van der Waals surface area contributed by atoms with Gasteiger partial charge in [0, 0.05) is 12.6 Å². The zero-order valence-corrected chi connectivity index (χ0v) is 9.67. The number of benzene rings is 1. The second kappa shape index (κ2) is 5.14. The van der Waals surface area contributed by atoms with E-state index in [4.69, 9.17) is 5.73 Å². The summed E-state index contributed by atoms with van der Waals surface area (Å²) in [6, 6.07) is 3.89. The summed E-state index contributed by atoms with van der Waals surface area (Å²) >= 11 is 0. The first-order valence-corrected chi connectivity index (χ1v) is 5.25. The lowest BCUT2D eigenvalue weighted by Gasteiger charge is -2.17. The van der Waals surface area contributed by atoms with Crippen molar-refractivity contribution in [2.45, 2.75) is 26.3 Å². The van der Waals surface area contributed by atoms with Gasteiger partial charge in [0.15, 0.2) is 0 Å². The van der Waals surface area contributed by atoms with E-state index in [-0.39, 0.29) is 0 Å². The first-order chi connectivity index (χ1) is 7.08. The van der Waals surface area contributed by atoms with Gasteiger partial charge >= 0.3 is 0 Å². The number of nitrogens with two attached hydrogens (primary N) is 1. The average molecular weight is 208 g/mol. The number of nitrogens with one attached hydrogen (secondary N) is 1. The van der Waals surface area contributed by atoms with Crippen LogP contribution in [-0.2, 0) is 6.42 Å². The van der Waals surface area contributed by atoms with Crippen molar-refractivity contribution in [3.8, 4) is 5.75 Å². The molecule has 15 heavy (non-hydrogen) atoms. The van der Waals surface area contributed by atoms with Gasteiger partial charge < -0.3 is 16.2 Å². The fourth-order valence-electron chi connectivity index (χ4n) is 1.84. The lowest BCUT2D eigenvalue weighted by Crippen LogP contribution is -2.35. The van der Waals surface area contributed by atoms with Gasteiger partial charge in [-0.25, -0.2) is 0 Å². The molecule has 0 aliphatic carbocycles. The first kappa shape index (κ1) is 12.0. The van der Waals surface area contributed by atoms with Crippen molar-refractivity contribution >= 4 is 0 Å². The van der Waals surface area contributed by atoms with Crippen LogP contribution in [0.2, 0.25) is 0 Å². The molecule has 0 amide bonds. The third-order valence-corrected chi connectivity index (χ3v) is 2.82. The minimum Gasteiger partial charge on any atom is -0.508 e. The zero-order chi connectivity index (χ0) is 11.4. The topological polar surface area (TPSA) is 58.3 Å². The molecule has 0 fully saturated rings. The summed E-state index contributed by atoms with van der Waals surface area (Å²) in [5.41, 5.74) is 9.18. The van der Waals surface area contributed by atoms with E-state index in [1.54, 1.807) is 12.1 Å².